The van der Waals surface area contributed by atoms with Crippen molar-refractivity contribution in [2.45, 2.75) is 25.8 Å². The fraction of sp³-hybridized carbons (Fsp3) is 0.400. The second kappa shape index (κ2) is 6.31. The Morgan fingerprint density at radius 2 is 2.05 bits per heavy atom. The van der Waals surface area contributed by atoms with Crippen molar-refractivity contribution >= 4 is 22.5 Å². The van der Waals surface area contributed by atoms with Crippen LogP contribution in [0, 0.1) is 12.8 Å². The number of nitrogens with zero attached hydrogens (tertiary/aromatic N) is 2. The van der Waals surface area contributed by atoms with E-state index in [9.17, 15) is 4.79 Å². The number of hydrogen-bond donors (Lipinski definition) is 2. The van der Waals surface area contributed by atoms with Crippen molar-refractivity contribution in [3.05, 3.63) is 34.8 Å². The van der Waals surface area contributed by atoms with E-state index in [1.807, 2.05) is 31.2 Å². The number of amides is 2. The lowest BCUT2D eigenvalue weighted by atomic mass is 10.0. The molecule has 2 amide bonds. The number of carbonyl (C=O) groups excluding carboxylic acids is 1. The van der Waals surface area contributed by atoms with Gasteiger partial charge in [-0.3, -0.25) is 5.32 Å². The highest BCUT2D eigenvalue weighted by Gasteiger charge is 2.33. The minimum absolute atomic E-state index is 0.0138. The number of methoxy groups -OCH3 is 1. The minimum Gasteiger partial charge on any atom is -0.497 e. The summed E-state index contributed by atoms with van der Waals surface area (Å²) in [4.78, 5) is 12.2. The molecule has 1 aromatic carbocycles. The summed E-state index contributed by atoms with van der Waals surface area (Å²) in [5.41, 5.74) is 1.09. The maximum atomic E-state index is 12.2. The molecule has 0 aliphatic heterocycles. The van der Waals surface area contributed by atoms with Crippen molar-refractivity contribution in [2.24, 2.45) is 5.92 Å². The Balaban J connectivity index is 1.67. The molecule has 0 spiro atoms. The lowest BCUT2D eigenvalue weighted by molar-refractivity contribution is 0.247. The van der Waals surface area contributed by atoms with Crippen LogP contribution in [0.15, 0.2) is 24.3 Å². The molecule has 0 bridgehead atoms. The molecule has 1 saturated carbocycles. The van der Waals surface area contributed by atoms with Crippen LogP contribution in [0.4, 0.5) is 9.93 Å². The van der Waals surface area contributed by atoms with Crippen molar-refractivity contribution < 1.29 is 9.53 Å². The largest absolute Gasteiger partial charge is 0.497 e. The molecule has 2 aromatic rings. The van der Waals surface area contributed by atoms with Gasteiger partial charge in [0.25, 0.3) is 0 Å². The molecule has 6 nitrogen and oxygen atoms in total. The van der Waals surface area contributed by atoms with Crippen molar-refractivity contribution in [1.29, 1.82) is 0 Å². The van der Waals surface area contributed by atoms with Crippen LogP contribution in [0.1, 0.15) is 29.5 Å². The molecule has 1 aromatic heterocycles. The second-order valence-corrected chi connectivity index (χ2v) is 6.49. The van der Waals surface area contributed by atoms with E-state index in [1.54, 1.807) is 7.11 Å². The molecule has 22 heavy (non-hydrogen) atoms. The van der Waals surface area contributed by atoms with Gasteiger partial charge < -0.3 is 10.1 Å². The van der Waals surface area contributed by atoms with Crippen LogP contribution in [0.5, 0.6) is 5.75 Å². The van der Waals surface area contributed by atoms with Crippen LogP contribution in [-0.2, 0) is 0 Å². The van der Waals surface area contributed by atoms with Crippen molar-refractivity contribution in [3.63, 3.8) is 0 Å². The first-order valence-corrected chi connectivity index (χ1v) is 7.99. The zero-order chi connectivity index (χ0) is 15.5. The van der Waals surface area contributed by atoms with Gasteiger partial charge in [0.1, 0.15) is 10.8 Å². The molecular weight excluding hydrogens is 300 g/mol. The quantitative estimate of drug-likeness (QED) is 0.888. The Kier molecular flexibility index (Phi) is 4.24. The van der Waals surface area contributed by atoms with Gasteiger partial charge in [0.15, 0.2) is 0 Å². The molecule has 1 atom stereocenters. The number of carbonyl (C=O) groups is 1. The normalized spacial score (nSPS) is 15.2. The van der Waals surface area contributed by atoms with Crippen LogP contribution >= 0.6 is 11.3 Å². The van der Waals surface area contributed by atoms with E-state index in [0.29, 0.717) is 11.0 Å². The average Bonchev–Trinajstić information content (AvgIpc) is 3.28. The first-order chi connectivity index (χ1) is 10.7. The molecule has 7 heteroatoms. The van der Waals surface area contributed by atoms with Crippen molar-refractivity contribution in [2.75, 3.05) is 12.4 Å². The Morgan fingerprint density at radius 1 is 1.32 bits per heavy atom. The highest BCUT2D eigenvalue weighted by molar-refractivity contribution is 7.15. The maximum absolute atomic E-state index is 12.2. The topological polar surface area (TPSA) is 76.1 Å². The van der Waals surface area contributed by atoms with Crippen LogP contribution in [0.2, 0.25) is 0 Å². The van der Waals surface area contributed by atoms with E-state index < -0.39 is 0 Å². The van der Waals surface area contributed by atoms with E-state index in [0.717, 1.165) is 29.2 Å². The molecule has 1 aliphatic carbocycles. The summed E-state index contributed by atoms with van der Waals surface area (Å²) in [5.74, 6) is 1.31. The van der Waals surface area contributed by atoms with Gasteiger partial charge in [-0.15, -0.1) is 10.2 Å². The molecule has 1 heterocycles. The molecular formula is C15H18N4O2S. The zero-order valence-electron chi connectivity index (χ0n) is 12.5. The van der Waals surface area contributed by atoms with Crippen LogP contribution in [0.3, 0.4) is 0 Å². The van der Waals surface area contributed by atoms with Gasteiger partial charge in [-0.2, -0.15) is 0 Å². The van der Waals surface area contributed by atoms with Crippen molar-refractivity contribution in [3.8, 4) is 5.75 Å². The predicted octanol–water partition coefficient (Wildman–Crippen LogP) is 3.13. The van der Waals surface area contributed by atoms with Gasteiger partial charge in [0.05, 0.1) is 13.2 Å². The second-order valence-electron chi connectivity index (χ2n) is 5.31. The standard InChI is InChI=1S/C15H18N4O2S/c1-9-18-19-15(22-9)17-14(20)16-13(10-3-4-10)11-5-7-12(21-2)8-6-11/h5-8,10,13H,3-4H2,1-2H3,(H2,16,17,19,20)/t13-/m1/s1. The molecule has 2 N–H and O–H groups in total. The van der Waals surface area contributed by atoms with Gasteiger partial charge in [0, 0.05) is 0 Å². The summed E-state index contributed by atoms with van der Waals surface area (Å²) in [6.07, 6.45) is 2.27. The summed E-state index contributed by atoms with van der Waals surface area (Å²) >= 11 is 1.36. The number of aromatic nitrogens is 2. The van der Waals surface area contributed by atoms with Crippen LogP contribution < -0.4 is 15.4 Å². The highest BCUT2D eigenvalue weighted by atomic mass is 32.1. The lowest BCUT2D eigenvalue weighted by Gasteiger charge is -2.19. The van der Waals surface area contributed by atoms with E-state index in [1.165, 1.54) is 11.3 Å². The first kappa shape index (κ1) is 14.8. The Labute approximate surface area is 132 Å². The van der Waals surface area contributed by atoms with Gasteiger partial charge in [0.2, 0.25) is 5.13 Å². The molecule has 1 fully saturated rings. The Hall–Kier alpha value is -2.15. The monoisotopic (exact) mass is 318 g/mol. The molecule has 1 aliphatic rings. The number of aryl methyl sites for hydroxylation is 1. The minimum atomic E-state index is -0.246. The third kappa shape index (κ3) is 3.54. The number of urea groups is 1. The summed E-state index contributed by atoms with van der Waals surface area (Å²) in [7, 11) is 1.64. The number of rotatable bonds is 5. The predicted molar refractivity (Wildman–Crippen MR) is 85.3 cm³/mol. The smallest absolute Gasteiger partial charge is 0.321 e. The highest BCUT2D eigenvalue weighted by Crippen LogP contribution is 2.41. The zero-order valence-corrected chi connectivity index (χ0v) is 13.3. The summed E-state index contributed by atoms with van der Waals surface area (Å²) < 4.78 is 5.17. The van der Waals surface area contributed by atoms with Crippen LogP contribution in [0.25, 0.3) is 0 Å². The van der Waals surface area contributed by atoms with E-state index in [2.05, 4.69) is 20.8 Å². The number of benzene rings is 1. The number of anilines is 1. The third-order valence-corrected chi connectivity index (χ3v) is 4.36. The summed E-state index contributed by atoms with van der Waals surface area (Å²) in [6.45, 7) is 1.85. The van der Waals surface area contributed by atoms with Gasteiger partial charge in [-0.25, -0.2) is 4.79 Å². The fourth-order valence-corrected chi connectivity index (χ4v) is 2.92. The number of nitrogens with one attached hydrogen (secondary N) is 2. The SMILES string of the molecule is COc1ccc([C@H](NC(=O)Nc2nnc(C)s2)C2CC2)cc1. The number of hydrogen-bond acceptors (Lipinski definition) is 5. The van der Waals surface area contributed by atoms with Gasteiger partial charge in [-0.1, -0.05) is 23.5 Å². The average molecular weight is 318 g/mol. The van der Waals surface area contributed by atoms with E-state index in [4.69, 9.17) is 4.74 Å². The van der Waals surface area contributed by atoms with Gasteiger partial charge >= 0.3 is 6.03 Å². The van der Waals surface area contributed by atoms with E-state index >= 15 is 0 Å². The lowest BCUT2D eigenvalue weighted by Crippen LogP contribution is -2.33. The van der Waals surface area contributed by atoms with Crippen LogP contribution in [-0.4, -0.2) is 23.3 Å². The Morgan fingerprint density at radius 3 is 2.59 bits per heavy atom. The number of ether oxygens (including phenoxy) is 1. The molecule has 0 saturated heterocycles. The fourth-order valence-electron chi connectivity index (χ4n) is 2.34. The molecule has 0 unspecified atom stereocenters. The molecule has 3 rings (SSSR count). The summed E-state index contributed by atoms with van der Waals surface area (Å²) in [5, 5.41) is 14.9. The van der Waals surface area contributed by atoms with E-state index in [-0.39, 0.29) is 12.1 Å². The molecule has 116 valence electrons. The third-order valence-electron chi connectivity index (χ3n) is 3.60. The van der Waals surface area contributed by atoms with Gasteiger partial charge in [-0.05, 0) is 43.4 Å². The summed E-state index contributed by atoms with van der Waals surface area (Å²) in [6, 6.07) is 7.59. The molecule has 0 radical (unpaired) electrons. The maximum Gasteiger partial charge on any atom is 0.321 e. The Bertz CT molecular complexity index is 652. The first-order valence-electron chi connectivity index (χ1n) is 7.17. The van der Waals surface area contributed by atoms with Crippen molar-refractivity contribution in [1.82, 2.24) is 15.5 Å².